The number of hydrogen-bond acceptors (Lipinski definition) is 3. The van der Waals surface area contributed by atoms with Gasteiger partial charge in [0.1, 0.15) is 0 Å². The predicted octanol–water partition coefficient (Wildman–Crippen LogP) is 3.29. The number of pyridine rings is 1. The van der Waals surface area contributed by atoms with Gasteiger partial charge in [0, 0.05) is 23.0 Å². The lowest BCUT2D eigenvalue weighted by Crippen LogP contribution is -1.96. The first-order chi connectivity index (χ1) is 10.1. The largest absolute Gasteiger partial charge is 0.478 e. The smallest absolute Gasteiger partial charge is 0.337 e. The Balaban J connectivity index is 1.90. The second kappa shape index (κ2) is 5.38. The van der Waals surface area contributed by atoms with Crippen LogP contribution in [-0.4, -0.2) is 25.8 Å². The second-order valence-corrected chi connectivity index (χ2v) is 4.82. The third kappa shape index (κ3) is 2.78. The van der Waals surface area contributed by atoms with E-state index in [1.54, 1.807) is 29.1 Å². The van der Waals surface area contributed by atoms with Crippen LogP contribution in [0.4, 0.5) is 0 Å². The fourth-order valence-electron chi connectivity index (χ4n) is 1.88. The van der Waals surface area contributed by atoms with E-state index in [9.17, 15) is 4.79 Å². The molecule has 0 amide bonds. The van der Waals surface area contributed by atoms with E-state index in [2.05, 4.69) is 10.1 Å². The van der Waals surface area contributed by atoms with Crippen LogP contribution in [-0.2, 0) is 0 Å². The van der Waals surface area contributed by atoms with Crippen LogP contribution in [0.2, 0.25) is 5.02 Å². The topological polar surface area (TPSA) is 68.0 Å². The highest BCUT2D eigenvalue weighted by Crippen LogP contribution is 2.19. The van der Waals surface area contributed by atoms with Crippen molar-refractivity contribution in [1.82, 2.24) is 14.8 Å². The van der Waals surface area contributed by atoms with Crippen LogP contribution >= 0.6 is 11.6 Å². The lowest BCUT2D eigenvalue weighted by Gasteiger charge is -2.00. The van der Waals surface area contributed by atoms with Crippen molar-refractivity contribution in [3.05, 3.63) is 65.6 Å². The molecular formula is C15H10ClN3O2. The average Bonchev–Trinajstić information content (AvgIpc) is 2.98. The molecule has 2 heterocycles. The van der Waals surface area contributed by atoms with Crippen molar-refractivity contribution in [3.8, 4) is 16.9 Å². The molecular weight excluding hydrogens is 290 g/mol. The van der Waals surface area contributed by atoms with E-state index in [0.29, 0.717) is 10.7 Å². The van der Waals surface area contributed by atoms with E-state index >= 15 is 0 Å². The summed E-state index contributed by atoms with van der Waals surface area (Å²) in [6, 6.07) is 10.5. The highest BCUT2D eigenvalue weighted by atomic mass is 35.5. The first-order valence-electron chi connectivity index (χ1n) is 6.14. The second-order valence-electron chi connectivity index (χ2n) is 4.39. The van der Waals surface area contributed by atoms with Crippen LogP contribution < -0.4 is 0 Å². The van der Waals surface area contributed by atoms with Gasteiger partial charge in [-0.2, -0.15) is 5.10 Å². The molecule has 5 nitrogen and oxygen atoms in total. The Morgan fingerprint density at radius 2 is 1.86 bits per heavy atom. The summed E-state index contributed by atoms with van der Waals surface area (Å²) in [7, 11) is 0. The Labute approximate surface area is 125 Å². The Kier molecular flexibility index (Phi) is 3.41. The number of aromatic nitrogens is 3. The van der Waals surface area contributed by atoms with Gasteiger partial charge in [0.2, 0.25) is 0 Å². The first-order valence-corrected chi connectivity index (χ1v) is 6.51. The van der Waals surface area contributed by atoms with Crippen molar-refractivity contribution in [2.24, 2.45) is 0 Å². The van der Waals surface area contributed by atoms with Gasteiger partial charge in [-0.25, -0.2) is 9.48 Å². The Hall–Kier alpha value is -2.66. The minimum atomic E-state index is -0.995. The van der Waals surface area contributed by atoms with Gasteiger partial charge in [0.15, 0.2) is 0 Å². The molecule has 0 spiro atoms. The maximum Gasteiger partial charge on any atom is 0.337 e. The van der Waals surface area contributed by atoms with Gasteiger partial charge in [-0.3, -0.25) is 4.98 Å². The number of hydrogen-bond donors (Lipinski definition) is 1. The minimum Gasteiger partial charge on any atom is -0.478 e. The monoisotopic (exact) mass is 299 g/mol. The molecule has 0 aliphatic carbocycles. The van der Waals surface area contributed by atoms with Gasteiger partial charge in [-0.1, -0.05) is 11.6 Å². The van der Waals surface area contributed by atoms with Crippen molar-refractivity contribution < 1.29 is 9.90 Å². The molecule has 0 fully saturated rings. The van der Waals surface area contributed by atoms with Crippen molar-refractivity contribution in [1.29, 1.82) is 0 Å². The van der Waals surface area contributed by atoms with E-state index in [1.807, 2.05) is 18.3 Å². The summed E-state index contributed by atoms with van der Waals surface area (Å²) < 4.78 is 1.71. The summed E-state index contributed by atoms with van der Waals surface area (Å²) in [6.45, 7) is 0. The normalized spacial score (nSPS) is 10.5. The van der Waals surface area contributed by atoms with E-state index in [4.69, 9.17) is 16.7 Å². The molecule has 3 aromatic rings. The summed E-state index contributed by atoms with van der Waals surface area (Å²) >= 11 is 5.85. The number of carboxylic acid groups (broad SMARTS) is 1. The highest BCUT2D eigenvalue weighted by molar-refractivity contribution is 6.30. The van der Waals surface area contributed by atoms with Gasteiger partial charge in [-0.15, -0.1) is 0 Å². The summed E-state index contributed by atoms with van der Waals surface area (Å²) in [5.74, 6) is -0.995. The van der Waals surface area contributed by atoms with Crippen molar-refractivity contribution in [2.45, 2.75) is 0 Å². The molecule has 0 bridgehead atoms. The van der Waals surface area contributed by atoms with Crippen LogP contribution in [0.15, 0.2) is 55.0 Å². The van der Waals surface area contributed by atoms with E-state index in [1.165, 1.54) is 12.3 Å². The van der Waals surface area contributed by atoms with Gasteiger partial charge in [0.05, 0.1) is 23.1 Å². The Bertz CT molecular complexity index is 779. The Morgan fingerprint density at radius 1 is 1.10 bits per heavy atom. The maximum absolute atomic E-state index is 10.8. The molecule has 0 saturated heterocycles. The molecule has 3 rings (SSSR count). The summed E-state index contributed by atoms with van der Waals surface area (Å²) in [4.78, 5) is 14.9. The van der Waals surface area contributed by atoms with Crippen molar-refractivity contribution in [2.75, 3.05) is 0 Å². The highest BCUT2D eigenvalue weighted by Gasteiger charge is 2.07. The molecule has 0 aliphatic rings. The number of benzene rings is 1. The van der Waals surface area contributed by atoms with Crippen LogP contribution in [0.3, 0.4) is 0 Å². The third-order valence-electron chi connectivity index (χ3n) is 2.98. The zero-order chi connectivity index (χ0) is 14.8. The van der Waals surface area contributed by atoms with Crippen molar-refractivity contribution in [3.63, 3.8) is 0 Å². The number of carbonyl (C=O) groups is 1. The zero-order valence-electron chi connectivity index (χ0n) is 10.8. The molecule has 0 unspecified atom stereocenters. The van der Waals surface area contributed by atoms with Gasteiger partial charge in [-0.05, 0) is 36.4 Å². The number of aromatic carboxylic acids is 1. The van der Waals surface area contributed by atoms with Crippen LogP contribution in [0.5, 0.6) is 0 Å². The van der Waals surface area contributed by atoms with Crippen molar-refractivity contribution >= 4 is 17.6 Å². The molecule has 0 atom stereocenters. The number of nitrogens with zero attached hydrogens (tertiary/aromatic N) is 3. The summed E-state index contributed by atoms with van der Waals surface area (Å²) in [6.07, 6.45) is 4.83. The molecule has 1 aromatic carbocycles. The molecule has 0 saturated carbocycles. The molecule has 1 N–H and O–H groups in total. The standard InChI is InChI=1S/C15H10ClN3O2/c16-12-2-4-13(5-3-12)19-9-11(8-18-19)14-6-1-10(7-17-14)15(20)21/h1-9H,(H,20,21). The van der Waals surface area contributed by atoms with Gasteiger partial charge in [0.25, 0.3) is 0 Å². The number of halogens is 1. The fourth-order valence-corrected chi connectivity index (χ4v) is 2.01. The lowest BCUT2D eigenvalue weighted by molar-refractivity contribution is 0.0696. The predicted molar refractivity (Wildman–Crippen MR) is 78.8 cm³/mol. The number of rotatable bonds is 3. The molecule has 2 aromatic heterocycles. The fraction of sp³-hybridized carbons (Fsp3) is 0. The summed E-state index contributed by atoms with van der Waals surface area (Å²) in [5.41, 5.74) is 2.51. The minimum absolute atomic E-state index is 0.156. The first kappa shape index (κ1) is 13.3. The van der Waals surface area contributed by atoms with Crippen LogP contribution in [0.1, 0.15) is 10.4 Å². The SMILES string of the molecule is O=C(O)c1ccc(-c2cnn(-c3ccc(Cl)cc3)c2)nc1. The quantitative estimate of drug-likeness (QED) is 0.806. The molecule has 104 valence electrons. The molecule has 0 radical (unpaired) electrons. The van der Waals surface area contributed by atoms with Gasteiger partial charge >= 0.3 is 5.97 Å². The van der Waals surface area contributed by atoms with E-state index in [-0.39, 0.29) is 5.56 Å². The zero-order valence-corrected chi connectivity index (χ0v) is 11.5. The molecule has 21 heavy (non-hydrogen) atoms. The van der Waals surface area contributed by atoms with Crippen LogP contribution in [0.25, 0.3) is 16.9 Å². The van der Waals surface area contributed by atoms with E-state index in [0.717, 1.165) is 11.3 Å². The lowest BCUT2D eigenvalue weighted by atomic mass is 10.2. The maximum atomic E-state index is 10.8. The molecule has 6 heteroatoms. The average molecular weight is 300 g/mol. The van der Waals surface area contributed by atoms with Crippen LogP contribution in [0, 0.1) is 0 Å². The Morgan fingerprint density at radius 3 is 2.48 bits per heavy atom. The molecule has 0 aliphatic heterocycles. The summed E-state index contributed by atoms with van der Waals surface area (Å²) in [5, 5.41) is 13.8. The number of carboxylic acids is 1. The van der Waals surface area contributed by atoms with Gasteiger partial charge < -0.3 is 5.11 Å². The third-order valence-corrected chi connectivity index (χ3v) is 3.23. The van der Waals surface area contributed by atoms with E-state index < -0.39 is 5.97 Å².